The molecule has 3 rings (SSSR count). The third kappa shape index (κ3) is 2.28. The predicted molar refractivity (Wildman–Crippen MR) is 74.4 cm³/mol. The highest BCUT2D eigenvalue weighted by Crippen LogP contribution is 2.13. The summed E-state index contributed by atoms with van der Waals surface area (Å²) in [6.45, 7) is 2.69. The number of rotatable bonds is 3. The van der Waals surface area contributed by atoms with Crippen LogP contribution in [0.2, 0.25) is 0 Å². The average molecular weight is 274 g/mol. The van der Waals surface area contributed by atoms with Gasteiger partial charge < -0.3 is 9.55 Å². The van der Waals surface area contributed by atoms with Gasteiger partial charge in [0, 0.05) is 25.7 Å². The van der Waals surface area contributed by atoms with Gasteiger partial charge in [0.2, 0.25) is 0 Å². The Labute approximate surface area is 115 Å². The van der Waals surface area contributed by atoms with Crippen LogP contribution in [0.1, 0.15) is 11.5 Å². The van der Waals surface area contributed by atoms with E-state index in [0.29, 0.717) is 4.77 Å². The van der Waals surface area contributed by atoms with Gasteiger partial charge in [0.05, 0.1) is 5.52 Å². The number of aromatic amines is 1. The number of H-pyrrole nitrogens is 1. The van der Waals surface area contributed by atoms with Crippen molar-refractivity contribution in [1.29, 1.82) is 0 Å². The van der Waals surface area contributed by atoms with Gasteiger partial charge in [-0.3, -0.25) is 4.68 Å². The second kappa shape index (κ2) is 4.58. The Bertz CT molecular complexity index is 781. The van der Waals surface area contributed by atoms with Crippen molar-refractivity contribution in [2.75, 3.05) is 0 Å². The van der Waals surface area contributed by atoms with E-state index in [9.17, 15) is 0 Å². The molecule has 0 amide bonds. The SMILES string of the molecule is Cc1ccc2[nH]c(=S)n(CCc3ncn(C)n3)c2n1. The lowest BCUT2D eigenvalue weighted by Gasteiger charge is -2.02. The second-order valence-corrected chi connectivity index (χ2v) is 4.88. The molecule has 0 atom stereocenters. The first-order chi connectivity index (χ1) is 9.13. The summed E-state index contributed by atoms with van der Waals surface area (Å²) in [5.74, 6) is 0.811. The summed E-state index contributed by atoms with van der Waals surface area (Å²) >= 11 is 5.34. The van der Waals surface area contributed by atoms with Crippen LogP contribution in [0.25, 0.3) is 11.2 Å². The maximum Gasteiger partial charge on any atom is 0.179 e. The van der Waals surface area contributed by atoms with E-state index in [1.165, 1.54) is 0 Å². The van der Waals surface area contributed by atoms with E-state index in [1.807, 2.05) is 30.7 Å². The zero-order chi connectivity index (χ0) is 13.4. The van der Waals surface area contributed by atoms with Gasteiger partial charge in [0.15, 0.2) is 16.2 Å². The van der Waals surface area contributed by atoms with Crippen LogP contribution in [0.4, 0.5) is 0 Å². The minimum atomic E-state index is 0.684. The van der Waals surface area contributed by atoms with Gasteiger partial charge in [-0.05, 0) is 31.3 Å². The van der Waals surface area contributed by atoms with Crippen molar-refractivity contribution < 1.29 is 0 Å². The van der Waals surface area contributed by atoms with E-state index in [-0.39, 0.29) is 0 Å². The number of pyridine rings is 1. The Morgan fingerprint density at radius 3 is 2.95 bits per heavy atom. The van der Waals surface area contributed by atoms with E-state index in [2.05, 4.69) is 20.1 Å². The molecule has 6 nitrogen and oxygen atoms in total. The molecule has 0 aliphatic heterocycles. The zero-order valence-electron chi connectivity index (χ0n) is 10.8. The quantitative estimate of drug-likeness (QED) is 0.739. The molecule has 98 valence electrons. The molecule has 0 bridgehead atoms. The third-order valence-electron chi connectivity index (χ3n) is 2.96. The van der Waals surface area contributed by atoms with Gasteiger partial charge in [-0.25, -0.2) is 9.97 Å². The fourth-order valence-electron chi connectivity index (χ4n) is 2.04. The topological polar surface area (TPSA) is 64.3 Å². The van der Waals surface area contributed by atoms with Crippen molar-refractivity contribution in [2.45, 2.75) is 19.9 Å². The fraction of sp³-hybridized carbons (Fsp3) is 0.333. The van der Waals surface area contributed by atoms with Gasteiger partial charge in [-0.2, -0.15) is 5.10 Å². The molecule has 0 aromatic carbocycles. The van der Waals surface area contributed by atoms with E-state index in [0.717, 1.165) is 35.6 Å². The van der Waals surface area contributed by atoms with Crippen LogP contribution in [-0.2, 0) is 20.0 Å². The van der Waals surface area contributed by atoms with Crippen molar-refractivity contribution >= 4 is 23.4 Å². The summed E-state index contributed by atoms with van der Waals surface area (Å²) in [4.78, 5) is 11.9. The minimum Gasteiger partial charge on any atom is -0.329 e. The average Bonchev–Trinajstić information content (AvgIpc) is 2.90. The Balaban J connectivity index is 1.94. The number of fused-ring (bicyclic) bond motifs is 1. The first kappa shape index (κ1) is 12.0. The van der Waals surface area contributed by atoms with E-state index >= 15 is 0 Å². The van der Waals surface area contributed by atoms with E-state index in [1.54, 1.807) is 11.0 Å². The monoisotopic (exact) mass is 274 g/mol. The highest BCUT2D eigenvalue weighted by Gasteiger charge is 2.07. The van der Waals surface area contributed by atoms with Crippen LogP contribution in [0.5, 0.6) is 0 Å². The molecule has 3 aromatic rings. The van der Waals surface area contributed by atoms with Crippen molar-refractivity contribution in [3.8, 4) is 0 Å². The summed E-state index contributed by atoms with van der Waals surface area (Å²) in [6, 6.07) is 3.97. The molecule has 0 spiro atoms. The number of hydrogen-bond donors (Lipinski definition) is 1. The zero-order valence-corrected chi connectivity index (χ0v) is 11.6. The van der Waals surface area contributed by atoms with Crippen LogP contribution < -0.4 is 0 Å². The lowest BCUT2D eigenvalue weighted by Crippen LogP contribution is -2.04. The van der Waals surface area contributed by atoms with Crippen LogP contribution in [0.3, 0.4) is 0 Å². The lowest BCUT2D eigenvalue weighted by molar-refractivity contribution is 0.661. The molecule has 19 heavy (non-hydrogen) atoms. The molecule has 3 aromatic heterocycles. The van der Waals surface area contributed by atoms with Gasteiger partial charge in [0.25, 0.3) is 0 Å². The lowest BCUT2D eigenvalue weighted by atomic mass is 10.3. The summed E-state index contributed by atoms with van der Waals surface area (Å²) in [7, 11) is 1.86. The predicted octanol–water partition coefficient (Wildman–Crippen LogP) is 1.77. The molecule has 0 saturated carbocycles. The highest BCUT2D eigenvalue weighted by molar-refractivity contribution is 7.71. The summed E-state index contributed by atoms with van der Waals surface area (Å²) in [5, 5.41) is 4.27. The number of hydrogen-bond acceptors (Lipinski definition) is 4. The third-order valence-corrected chi connectivity index (χ3v) is 3.29. The van der Waals surface area contributed by atoms with Gasteiger partial charge in [-0.15, -0.1) is 0 Å². The molecule has 0 radical (unpaired) electrons. The smallest absolute Gasteiger partial charge is 0.179 e. The second-order valence-electron chi connectivity index (χ2n) is 4.49. The van der Waals surface area contributed by atoms with Crippen LogP contribution in [0, 0.1) is 11.7 Å². The Kier molecular flexibility index (Phi) is 2.90. The number of aryl methyl sites for hydroxylation is 4. The maximum atomic E-state index is 5.34. The van der Waals surface area contributed by atoms with Crippen LogP contribution >= 0.6 is 12.2 Å². The molecular weight excluding hydrogens is 260 g/mol. The van der Waals surface area contributed by atoms with Gasteiger partial charge >= 0.3 is 0 Å². The number of imidazole rings is 1. The molecule has 0 saturated heterocycles. The van der Waals surface area contributed by atoms with Gasteiger partial charge in [0.1, 0.15) is 6.33 Å². The first-order valence-electron chi connectivity index (χ1n) is 6.04. The molecule has 1 N–H and O–H groups in total. The summed E-state index contributed by atoms with van der Waals surface area (Å²) in [6.07, 6.45) is 2.43. The first-order valence-corrected chi connectivity index (χ1v) is 6.45. The Morgan fingerprint density at radius 2 is 2.21 bits per heavy atom. The highest BCUT2D eigenvalue weighted by atomic mass is 32.1. The summed E-state index contributed by atoms with van der Waals surface area (Å²) < 4.78 is 4.38. The number of nitrogens with one attached hydrogen (secondary N) is 1. The largest absolute Gasteiger partial charge is 0.329 e. The number of nitrogens with zero attached hydrogens (tertiary/aromatic N) is 5. The van der Waals surface area contributed by atoms with Crippen molar-refractivity contribution in [1.82, 2.24) is 29.3 Å². The molecule has 0 unspecified atom stereocenters. The van der Waals surface area contributed by atoms with E-state index < -0.39 is 0 Å². The Morgan fingerprint density at radius 1 is 1.37 bits per heavy atom. The van der Waals surface area contributed by atoms with Gasteiger partial charge in [-0.1, -0.05) is 0 Å². The summed E-state index contributed by atoms with van der Waals surface area (Å²) in [5.41, 5.74) is 2.83. The molecule has 0 fully saturated rings. The fourth-order valence-corrected chi connectivity index (χ4v) is 2.33. The number of aromatic nitrogens is 6. The van der Waals surface area contributed by atoms with Crippen LogP contribution in [0.15, 0.2) is 18.5 Å². The van der Waals surface area contributed by atoms with Crippen LogP contribution in [-0.4, -0.2) is 29.3 Å². The molecular formula is C12H14N6S. The normalized spacial score (nSPS) is 11.3. The molecule has 0 aliphatic carbocycles. The Hall–Kier alpha value is -2.02. The minimum absolute atomic E-state index is 0.684. The van der Waals surface area contributed by atoms with Crippen molar-refractivity contribution in [3.63, 3.8) is 0 Å². The van der Waals surface area contributed by atoms with E-state index in [4.69, 9.17) is 12.2 Å². The van der Waals surface area contributed by atoms with Crippen molar-refractivity contribution in [2.24, 2.45) is 7.05 Å². The molecule has 7 heteroatoms. The van der Waals surface area contributed by atoms with Crippen molar-refractivity contribution in [3.05, 3.63) is 34.7 Å². The molecule has 3 heterocycles. The maximum absolute atomic E-state index is 5.34. The molecule has 0 aliphatic rings. The standard InChI is InChI=1S/C12H14N6S/c1-8-3-4-9-11(14-8)18(12(19)15-9)6-5-10-13-7-17(2)16-10/h3-4,7H,5-6H2,1-2H3,(H,15,19).